The van der Waals surface area contributed by atoms with Crippen molar-refractivity contribution < 1.29 is 14.1 Å². The van der Waals surface area contributed by atoms with E-state index in [9.17, 15) is 4.79 Å². The summed E-state index contributed by atoms with van der Waals surface area (Å²) in [7, 11) is 1.63. The van der Waals surface area contributed by atoms with Gasteiger partial charge in [-0.15, -0.1) is 0 Å². The van der Waals surface area contributed by atoms with E-state index in [0.29, 0.717) is 31.1 Å². The molecule has 0 aliphatic carbocycles. The monoisotopic (exact) mass is 406 g/mol. The molecule has 1 aliphatic rings. The summed E-state index contributed by atoms with van der Waals surface area (Å²) in [6, 6.07) is 17.9. The van der Waals surface area contributed by atoms with Crippen LogP contribution in [0.2, 0.25) is 0 Å². The largest absolute Gasteiger partial charge is 0.497 e. The van der Waals surface area contributed by atoms with Gasteiger partial charge in [-0.25, -0.2) is 0 Å². The Morgan fingerprint density at radius 2 is 2.00 bits per heavy atom. The van der Waals surface area contributed by atoms with Crippen molar-refractivity contribution in [3.05, 3.63) is 60.5 Å². The molecule has 1 N–H and O–H groups in total. The van der Waals surface area contributed by atoms with E-state index in [1.807, 2.05) is 47.4 Å². The van der Waals surface area contributed by atoms with Crippen molar-refractivity contribution in [3.8, 4) is 17.1 Å². The van der Waals surface area contributed by atoms with Gasteiger partial charge in [0.15, 0.2) is 0 Å². The zero-order chi connectivity index (χ0) is 20.8. The minimum atomic E-state index is 0.124. The summed E-state index contributed by atoms with van der Waals surface area (Å²) in [6.45, 7) is 1.52. The van der Waals surface area contributed by atoms with Gasteiger partial charge >= 0.3 is 0 Å². The van der Waals surface area contributed by atoms with Gasteiger partial charge in [-0.2, -0.15) is 4.98 Å². The Bertz CT molecular complexity index is 956. The van der Waals surface area contributed by atoms with Crippen LogP contribution in [0.25, 0.3) is 11.4 Å². The van der Waals surface area contributed by atoms with E-state index in [-0.39, 0.29) is 11.9 Å². The van der Waals surface area contributed by atoms with Crippen molar-refractivity contribution in [3.63, 3.8) is 0 Å². The molecule has 4 rings (SSSR count). The number of piperidine rings is 1. The molecule has 7 heteroatoms. The van der Waals surface area contributed by atoms with Gasteiger partial charge in [0.1, 0.15) is 5.75 Å². The van der Waals surface area contributed by atoms with E-state index in [1.54, 1.807) is 7.11 Å². The number of methoxy groups -OCH3 is 1. The summed E-state index contributed by atoms with van der Waals surface area (Å²) in [5, 5.41) is 7.55. The lowest BCUT2D eigenvalue weighted by Gasteiger charge is -2.33. The topological polar surface area (TPSA) is 80.5 Å². The third-order valence-electron chi connectivity index (χ3n) is 5.29. The molecular weight excluding hydrogens is 380 g/mol. The van der Waals surface area contributed by atoms with E-state index in [0.717, 1.165) is 36.4 Å². The second kappa shape index (κ2) is 9.43. The summed E-state index contributed by atoms with van der Waals surface area (Å²) in [4.78, 5) is 19.1. The second-order valence-electron chi connectivity index (χ2n) is 7.43. The molecule has 0 saturated carbocycles. The smallest absolute Gasteiger partial charge is 0.227 e. The summed E-state index contributed by atoms with van der Waals surface area (Å²) in [5.74, 6) is 1.89. The van der Waals surface area contributed by atoms with Crippen LogP contribution in [0.4, 0.5) is 5.69 Å². The van der Waals surface area contributed by atoms with Crippen LogP contribution in [0.15, 0.2) is 59.1 Å². The molecule has 1 aromatic heterocycles. The molecule has 1 atom stereocenters. The van der Waals surface area contributed by atoms with Crippen molar-refractivity contribution in [2.45, 2.75) is 31.7 Å². The first-order valence-electron chi connectivity index (χ1n) is 10.3. The Hall–Kier alpha value is -3.35. The maximum Gasteiger partial charge on any atom is 0.227 e. The summed E-state index contributed by atoms with van der Waals surface area (Å²) < 4.78 is 10.5. The third-order valence-corrected chi connectivity index (χ3v) is 5.29. The normalized spacial score (nSPS) is 16.3. The number of benzene rings is 2. The summed E-state index contributed by atoms with van der Waals surface area (Å²) in [6.07, 6.45) is 2.86. The number of amides is 1. The maximum absolute atomic E-state index is 12.7. The zero-order valence-electron chi connectivity index (χ0n) is 17.1. The lowest BCUT2D eigenvalue weighted by molar-refractivity contribution is -0.132. The maximum atomic E-state index is 12.7. The Morgan fingerprint density at radius 3 is 2.77 bits per heavy atom. The van der Waals surface area contributed by atoms with E-state index >= 15 is 0 Å². The number of likely N-dealkylation sites (tertiary alicyclic amines) is 1. The fourth-order valence-electron chi connectivity index (χ4n) is 3.68. The number of carbonyl (C=O) groups is 1. The van der Waals surface area contributed by atoms with E-state index < -0.39 is 0 Å². The lowest BCUT2D eigenvalue weighted by Crippen LogP contribution is -2.45. The molecule has 0 radical (unpaired) electrons. The Balaban J connectivity index is 1.29. The molecular formula is C23H26N4O3. The molecule has 2 heterocycles. The van der Waals surface area contributed by atoms with Gasteiger partial charge in [-0.1, -0.05) is 23.4 Å². The number of rotatable bonds is 7. The minimum absolute atomic E-state index is 0.124. The number of para-hydroxylation sites is 1. The van der Waals surface area contributed by atoms with Gasteiger partial charge in [-0.05, 0) is 49.2 Å². The fraction of sp³-hybridized carbons (Fsp3) is 0.348. The molecule has 156 valence electrons. The molecule has 0 unspecified atom stereocenters. The van der Waals surface area contributed by atoms with E-state index in [2.05, 4.69) is 27.6 Å². The van der Waals surface area contributed by atoms with Crippen LogP contribution < -0.4 is 10.1 Å². The van der Waals surface area contributed by atoms with Gasteiger partial charge in [0.05, 0.1) is 7.11 Å². The van der Waals surface area contributed by atoms with Crippen LogP contribution in [-0.4, -0.2) is 47.2 Å². The van der Waals surface area contributed by atoms with Gasteiger partial charge in [0.2, 0.25) is 17.6 Å². The number of hydrogen-bond donors (Lipinski definition) is 1. The molecule has 1 saturated heterocycles. The summed E-state index contributed by atoms with van der Waals surface area (Å²) >= 11 is 0. The highest BCUT2D eigenvalue weighted by Crippen LogP contribution is 2.21. The number of aromatic nitrogens is 2. The van der Waals surface area contributed by atoms with E-state index in [4.69, 9.17) is 9.26 Å². The summed E-state index contributed by atoms with van der Waals surface area (Å²) in [5.41, 5.74) is 1.94. The highest BCUT2D eigenvalue weighted by atomic mass is 16.5. The van der Waals surface area contributed by atoms with Crippen molar-refractivity contribution in [1.29, 1.82) is 0 Å². The van der Waals surface area contributed by atoms with Crippen LogP contribution in [0, 0.1) is 0 Å². The highest BCUT2D eigenvalue weighted by Gasteiger charge is 2.24. The SMILES string of the molecule is COc1ccc(-c2noc(CCC(=O)N3CCC[C@@H](Nc4ccccc4)C3)n2)cc1. The zero-order valence-corrected chi connectivity index (χ0v) is 17.1. The van der Waals surface area contributed by atoms with Crippen LogP contribution in [0.3, 0.4) is 0 Å². The molecule has 7 nitrogen and oxygen atoms in total. The highest BCUT2D eigenvalue weighted by molar-refractivity contribution is 5.76. The van der Waals surface area contributed by atoms with Crippen molar-refractivity contribution in [2.75, 3.05) is 25.5 Å². The van der Waals surface area contributed by atoms with Gasteiger partial charge in [0, 0.05) is 43.2 Å². The van der Waals surface area contributed by atoms with Crippen LogP contribution >= 0.6 is 0 Å². The average molecular weight is 406 g/mol. The Morgan fingerprint density at radius 1 is 1.20 bits per heavy atom. The van der Waals surface area contributed by atoms with Gasteiger partial charge in [-0.3, -0.25) is 4.79 Å². The molecule has 30 heavy (non-hydrogen) atoms. The molecule has 1 aliphatic heterocycles. The van der Waals surface area contributed by atoms with E-state index in [1.165, 1.54) is 0 Å². The Kier molecular flexibility index (Phi) is 6.27. The van der Waals surface area contributed by atoms with Crippen molar-refractivity contribution >= 4 is 11.6 Å². The fourth-order valence-corrected chi connectivity index (χ4v) is 3.68. The number of hydrogen-bond acceptors (Lipinski definition) is 6. The average Bonchev–Trinajstić information content (AvgIpc) is 3.27. The van der Waals surface area contributed by atoms with Crippen molar-refractivity contribution in [1.82, 2.24) is 15.0 Å². The number of ether oxygens (including phenoxy) is 1. The van der Waals surface area contributed by atoms with Crippen LogP contribution in [0.5, 0.6) is 5.75 Å². The first-order valence-corrected chi connectivity index (χ1v) is 10.3. The van der Waals surface area contributed by atoms with Crippen LogP contribution in [-0.2, 0) is 11.2 Å². The second-order valence-corrected chi connectivity index (χ2v) is 7.43. The Labute approximate surface area is 176 Å². The predicted octanol–water partition coefficient (Wildman–Crippen LogP) is 3.78. The van der Waals surface area contributed by atoms with Gasteiger partial charge < -0.3 is 19.5 Å². The molecule has 0 spiro atoms. The minimum Gasteiger partial charge on any atom is -0.497 e. The first-order chi connectivity index (χ1) is 14.7. The number of carbonyl (C=O) groups excluding carboxylic acids is 1. The standard InChI is InChI=1S/C23H26N4O3/c1-29-20-11-9-17(10-12-20)23-25-21(30-26-23)13-14-22(28)27-15-5-8-19(16-27)24-18-6-3-2-4-7-18/h2-4,6-7,9-12,19,24H,5,8,13-16H2,1H3/t19-/m1/s1. The van der Waals surface area contributed by atoms with Crippen LogP contribution in [0.1, 0.15) is 25.2 Å². The van der Waals surface area contributed by atoms with Gasteiger partial charge in [0.25, 0.3) is 0 Å². The molecule has 1 amide bonds. The van der Waals surface area contributed by atoms with Crippen molar-refractivity contribution in [2.24, 2.45) is 0 Å². The third kappa shape index (κ3) is 4.97. The lowest BCUT2D eigenvalue weighted by atomic mass is 10.0. The quantitative estimate of drug-likeness (QED) is 0.643. The molecule has 2 aromatic carbocycles. The molecule has 0 bridgehead atoms. The number of nitrogens with zero attached hydrogens (tertiary/aromatic N) is 3. The molecule has 3 aromatic rings. The number of nitrogens with one attached hydrogen (secondary N) is 1. The number of aryl methyl sites for hydroxylation is 1. The predicted molar refractivity (Wildman–Crippen MR) is 114 cm³/mol. The molecule has 1 fully saturated rings. The first kappa shape index (κ1) is 19.9. The number of anilines is 1.